The van der Waals surface area contributed by atoms with Crippen LogP contribution in [0.4, 0.5) is 4.39 Å². The second kappa shape index (κ2) is 5.25. The van der Waals surface area contributed by atoms with Gasteiger partial charge in [0, 0.05) is 23.1 Å². The van der Waals surface area contributed by atoms with E-state index in [2.05, 4.69) is 4.98 Å². The lowest BCUT2D eigenvalue weighted by atomic mass is 10.1. The Balaban J connectivity index is 2.16. The van der Waals surface area contributed by atoms with Crippen molar-refractivity contribution in [2.24, 2.45) is 5.73 Å². The Bertz CT molecular complexity index is 485. The molecule has 0 saturated heterocycles. The fourth-order valence-electron chi connectivity index (χ4n) is 1.47. The van der Waals surface area contributed by atoms with Gasteiger partial charge in [0.05, 0.1) is 11.2 Å². The zero-order valence-corrected chi connectivity index (χ0v) is 10.2. The molecule has 0 bridgehead atoms. The van der Waals surface area contributed by atoms with Gasteiger partial charge in [0.2, 0.25) is 0 Å². The third-order valence-electron chi connectivity index (χ3n) is 2.33. The van der Waals surface area contributed by atoms with Gasteiger partial charge in [0.1, 0.15) is 18.2 Å². The maximum atomic E-state index is 13.1. The SMILES string of the molecule is C[C@H](N)c1ccc(F)cc1OCc1cscn1. The van der Waals surface area contributed by atoms with Gasteiger partial charge in [-0.25, -0.2) is 9.37 Å². The lowest BCUT2D eigenvalue weighted by Crippen LogP contribution is -2.08. The molecule has 0 radical (unpaired) electrons. The maximum absolute atomic E-state index is 13.1. The van der Waals surface area contributed by atoms with Crippen molar-refractivity contribution in [1.29, 1.82) is 0 Å². The first-order valence-electron chi connectivity index (χ1n) is 5.21. The van der Waals surface area contributed by atoms with Crippen molar-refractivity contribution >= 4 is 11.3 Å². The first kappa shape index (κ1) is 12.0. The van der Waals surface area contributed by atoms with Crippen LogP contribution in [0.5, 0.6) is 5.75 Å². The van der Waals surface area contributed by atoms with E-state index in [0.29, 0.717) is 12.4 Å². The average molecular weight is 252 g/mol. The Labute approximate surface area is 103 Å². The number of rotatable bonds is 4. The van der Waals surface area contributed by atoms with Gasteiger partial charge in [-0.1, -0.05) is 6.07 Å². The van der Waals surface area contributed by atoms with Gasteiger partial charge in [-0.05, 0) is 13.0 Å². The summed E-state index contributed by atoms with van der Waals surface area (Å²) in [5.41, 5.74) is 9.15. The minimum Gasteiger partial charge on any atom is -0.487 e. The van der Waals surface area contributed by atoms with Crippen LogP contribution in [0.15, 0.2) is 29.1 Å². The Morgan fingerprint density at radius 2 is 2.35 bits per heavy atom. The monoisotopic (exact) mass is 252 g/mol. The van der Waals surface area contributed by atoms with Crippen LogP contribution in [-0.4, -0.2) is 4.98 Å². The molecule has 0 aliphatic carbocycles. The van der Waals surface area contributed by atoms with Gasteiger partial charge in [0.25, 0.3) is 0 Å². The molecule has 17 heavy (non-hydrogen) atoms. The molecule has 1 heterocycles. The average Bonchev–Trinajstić information content (AvgIpc) is 2.78. The van der Waals surface area contributed by atoms with Crippen molar-refractivity contribution in [3.8, 4) is 5.75 Å². The fraction of sp³-hybridized carbons (Fsp3) is 0.250. The van der Waals surface area contributed by atoms with Gasteiger partial charge >= 0.3 is 0 Å². The van der Waals surface area contributed by atoms with Gasteiger partial charge in [-0.3, -0.25) is 0 Å². The molecule has 0 unspecified atom stereocenters. The van der Waals surface area contributed by atoms with E-state index in [-0.39, 0.29) is 11.9 Å². The predicted molar refractivity (Wildman–Crippen MR) is 65.4 cm³/mol. The van der Waals surface area contributed by atoms with Crippen LogP contribution >= 0.6 is 11.3 Å². The van der Waals surface area contributed by atoms with Gasteiger partial charge < -0.3 is 10.5 Å². The molecule has 1 aromatic heterocycles. The van der Waals surface area contributed by atoms with E-state index in [0.717, 1.165) is 11.3 Å². The van der Waals surface area contributed by atoms with Crippen molar-refractivity contribution in [3.05, 3.63) is 46.2 Å². The minimum absolute atomic E-state index is 0.193. The molecule has 90 valence electrons. The number of halogens is 1. The van der Waals surface area contributed by atoms with Crippen LogP contribution in [0.3, 0.4) is 0 Å². The Morgan fingerprint density at radius 1 is 1.53 bits per heavy atom. The third kappa shape index (κ3) is 3.01. The Kier molecular flexibility index (Phi) is 3.71. The predicted octanol–water partition coefficient (Wildman–Crippen LogP) is 2.88. The van der Waals surface area contributed by atoms with E-state index in [1.54, 1.807) is 11.6 Å². The molecule has 0 fully saturated rings. The number of thiazole rings is 1. The number of hydrogen-bond acceptors (Lipinski definition) is 4. The van der Waals surface area contributed by atoms with Crippen molar-refractivity contribution in [2.45, 2.75) is 19.6 Å². The zero-order valence-electron chi connectivity index (χ0n) is 9.39. The number of aromatic nitrogens is 1. The highest BCUT2D eigenvalue weighted by atomic mass is 32.1. The largest absolute Gasteiger partial charge is 0.487 e. The second-order valence-corrected chi connectivity index (χ2v) is 4.46. The quantitative estimate of drug-likeness (QED) is 0.910. The van der Waals surface area contributed by atoms with E-state index in [1.165, 1.54) is 23.5 Å². The van der Waals surface area contributed by atoms with E-state index in [1.807, 2.05) is 12.3 Å². The normalized spacial score (nSPS) is 12.4. The molecule has 1 atom stereocenters. The van der Waals surface area contributed by atoms with E-state index < -0.39 is 0 Å². The second-order valence-electron chi connectivity index (χ2n) is 3.74. The molecule has 2 N–H and O–H groups in total. The smallest absolute Gasteiger partial charge is 0.131 e. The van der Waals surface area contributed by atoms with Crippen molar-refractivity contribution < 1.29 is 9.13 Å². The highest BCUT2D eigenvalue weighted by molar-refractivity contribution is 7.07. The number of hydrogen-bond donors (Lipinski definition) is 1. The molecule has 0 amide bonds. The summed E-state index contributed by atoms with van der Waals surface area (Å²) in [5, 5.41) is 1.89. The molecular weight excluding hydrogens is 239 g/mol. The van der Waals surface area contributed by atoms with Crippen molar-refractivity contribution in [1.82, 2.24) is 4.98 Å². The highest BCUT2D eigenvalue weighted by Crippen LogP contribution is 2.25. The first-order chi connectivity index (χ1) is 8.16. The van der Waals surface area contributed by atoms with Crippen LogP contribution in [0.1, 0.15) is 24.2 Å². The van der Waals surface area contributed by atoms with E-state index in [4.69, 9.17) is 10.5 Å². The molecule has 2 rings (SSSR count). The first-order valence-corrected chi connectivity index (χ1v) is 6.16. The summed E-state index contributed by atoms with van der Waals surface area (Å²) in [4.78, 5) is 4.10. The van der Waals surface area contributed by atoms with Crippen molar-refractivity contribution in [3.63, 3.8) is 0 Å². The summed E-state index contributed by atoms with van der Waals surface area (Å²) in [6.45, 7) is 2.16. The van der Waals surface area contributed by atoms with E-state index in [9.17, 15) is 4.39 Å². The summed E-state index contributed by atoms with van der Waals surface area (Å²) in [6.07, 6.45) is 0. The summed E-state index contributed by atoms with van der Waals surface area (Å²) < 4.78 is 18.7. The molecule has 0 spiro atoms. The summed E-state index contributed by atoms with van der Waals surface area (Å²) >= 11 is 1.50. The molecule has 5 heteroatoms. The topological polar surface area (TPSA) is 48.1 Å². The fourth-order valence-corrected chi connectivity index (χ4v) is 2.01. The number of nitrogens with two attached hydrogens (primary N) is 1. The number of ether oxygens (including phenoxy) is 1. The summed E-state index contributed by atoms with van der Waals surface area (Å²) in [7, 11) is 0. The lowest BCUT2D eigenvalue weighted by Gasteiger charge is -2.13. The third-order valence-corrected chi connectivity index (χ3v) is 2.96. The standard InChI is InChI=1S/C12H13FN2OS/c1-8(14)11-3-2-9(13)4-12(11)16-5-10-6-17-7-15-10/h2-4,6-8H,5,14H2,1H3/t8-/m0/s1. The molecule has 3 nitrogen and oxygen atoms in total. The Hall–Kier alpha value is -1.46. The Morgan fingerprint density at radius 3 is 3.00 bits per heavy atom. The highest BCUT2D eigenvalue weighted by Gasteiger charge is 2.10. The molecule has 0 aliphatic heterocycles. The molecule has 2 aromatic rings. The number of nitrogens with zero attached hydrogens (tertiary/aromatic N) is 1. The van der Waals surface area contributed by atoms with Crippen LogP contribution in [0.25, 0.3) is 0 Å². The minimum atomic E-state index is -0.331. The van der Waals surface area contributed by atoms with Crippen LogP contribution in [-0.2, 0) is 6.61 Å². The van der Waals surface area contributed by atoms with Gasteiger partial charge in [-0.15, -0.1) is 11.3 Å². The lowest BCUT2D eigenvalue weighted by molar-refractivity contribution is 0.296. The van der Waals surface area contributed by atoms with Crippen molar-refractivity contribution in [2.75, 3.05) is 0 Å². The van der Waals surface area contributed by atoms with Gasteiger partial charge in [-0.2, -0.15) is 0 Å². The molecular formula is C12H13FN2OS. The van der Waals surface area contributed by atoms with Gasteiger partial charge in [0.15, 0.2) is 0 Å². The molecule has 0 saturated carbocycles. The molecule has 0 aliphatic rings. The van der Waals surface area contributed by atoms with Crippen LogP contribution in [0.2, 0.25) is 0 Å². The maximum Gasteiger partial charge on any atom is 0.131 e. The molecule has 1 aromatic carbocycles. The summed E-state index contributed by atoms with van der Waals surface area (Å²) in [5.74, 6) is 0.149. The number of benzene rings is 1. The van der Waals surface area contributed by atoms with E-state index >= 15 is 0 Å². The summed E-state index contributed by atoms with van der Waals surface area (Å²) in [6, 6.07) is 4.19. The van der Waals surface area contributed by atoms with Crippen LogP contribution < -0.4 is 10.5 Å². The van der Waals surface area contributed by atoms with Crippen LogP contribution in [0, 0.1) is 5.82 Å². The zero-order chi connectivity index (χ0) is 12.3.